The normalized spacial score (nSPS) is 19.6. The van der Waals surface area contributed by atoms with Crippen LogP contribution in [0, 0.1) is 0 Å². The molecule has 1 atom stereocenters. The Morgan fingerprint density at radius 3 is 3.00 bits per heavy atom. The van der Waals surface area contributed by atoms with Crippen LogP contribution in [0.2, 0.25) is 0 Å². The quantitative estimate of drug-likeness (QED) is 0.843. The molecule has 1 aliphatic heterocycles. The largest absolute Gasteiger partial charge is 0.391 e. The van der Waals surface area contributed by atoms with Gasteiger partial charge in [0.05, 0.1) is 19.1 Å². The van der Waals surface area contributed by atoms with Gasteiger partial charge in [0, 0.05) is 13.1 Å². The third kappa shape index (κ3) is 3.03. The van der Waals surface area contributed by atoms with Gasteiger partial charge in [-0.25, -0.2) is 0 Å². The van der Waals surface area contributed by atoms with Gasteiger partial charge in [0.2, 0.25) is 0 Å². The van der Waals surface area contributed by atoms with Crippen LogP contribution in [0.3, 0.4) is 0 Å². The number of ether oxygens (including phenoxy) is 1. The Kier molecular flexibility index (Phi) is 3.73. The van der Waals surface area contributed by atoms with Crippen molar-refractivity contribution >= 4 is 11.6 Å². The highest BCUT2D eigenvalue weighted by molar-refractivity contribution is 5.93. The minimum Gasteiger partial charge on any atom is -0.374 e. The molecule has 0 bridgehead atoms. The second kappa shape index (κ2) is 5.56. The van der Waals surface area contributed by atoms with Crippen LogP contribution in [0.5, 0.6) is 0 Å². The van der Waals surface area contributed by atoms with E-state index in [1.165, 1.54) is 15.6 Å². The Balaban J connectivity index is 1.78. The first kappa shape index (κ1) is 14.8. The zero-order chi connectivity index (χ0) is 15.7. The topological polar surface area (TPSA) is 59.7 Å². The van der Waals surface area contributed by atoms with E-state index in [2.05, 4.69) is 10.2 Å². The number of alkyl halides is 3. The van der Waals surface area contributed by atoms with Gasteiger partial charge >= 0.3 is 6.18 Å². The Morgan fingerprint density at radius 1 is 1.41 bits per heavy atom. The summed E-state index contributed by atoms with van der Waals surface area (Å²) in [6, 6.07) is 4.94. The van der Waals surface area contributed by atoms with E-state index < -0.39 is 18.7 Å². The van der Waals surface area contributed by atoms with Crippen molar-refractivity contribution in [3.8, 4) is 0 Å². The fourth-order valence-electron chi connectivity index (χ4n) is 2.47. The van der Waals surface area contributed by atoms with Crippen molar-refractivity contribution in [1.29, 1.82) is 0 Å². The molecule has 0 spiro atoms. The molecule has 0 saturated carbocycles. The molecule has 6 nitrogen and oxygen atoms in total. The van der Waals surface area contributed by atoms with Crippen molar-refractivity contribution in [2.24, 2.45) is 0 Å². The summed E-state index contributed by atoms with van der Waals surface area (Å²) in [4.78, 5) is 13.9. The van der Waals surface area contributed by atoms with Gasteiger partial charge in [-0.2, -0.15) is 13.2 Å². The second-order valence-electron chi connectivity index (χ2n) is 5.03. The maximum Gasteiger partial charge on any atom is 0.391 e. The summed E-state index contributed by atoms with van der Waals surface area (Å²) in [6.07, 6.45) is -5.01. The third-order valence-electron chi connectivity index (χ3n) is 3.44. The van der Waals surface area contributed by atoms with Crippen LogP contribution < -0.4 is 0 Å². The lowest BCUT2D eigenvalue weighted by Gasteiger charge is -2.33. The molecule has 3 rings (SSSR count). The molecule has 2 aromatic heterocycles. The van der Waals surface area contributed by atoms with Gasteiger partial charge in [0.1, 0.15) is 12.0 Å². The molecule has 0 aliphatic carbocycles. The number of fused-ring (bicyclic) bond motifs is 1. The summed E-state index contributed by atoms with van der Waals surface area (Å²) in [5, 5.41) is 7.56. The molecule has 1 amide bonds. The number of rotatable bonds is 2. The number of carbonyl (C=O) groups is 1. The van der Waals surface area contributed by atoms with Gasteiger partial charge in [0.15, 0.2) is 5.65 Å². The zero-order valence-electron chi connectivity index (χ0n) is 11.5. The monoisotopic (exact) mass is 314 g/mol. The van der Waals surface area contributed by atoms with E-state index in [1.54, 1.807) is 18.2 Å². The smallest absolute Gasteiger partial charge is 0.374 e. The summed E-state index contributed by atoms with van der Waals surface area (Å²) in [5.41, 5.74) is 0.820. The molecule has 118 valence electrons. The summed E-state index contributed by atoms with van der Waals surface area (Å²) in [5.74, 6) is -0.360. The van der Waals surface area contributed by atoms with E-state index >= 15 is 0 Å². The van der Waals surface area contributed by atoms with Crippen LogP contribution in [0.4, 0.5) is 13.2 Å². The van der Waals surface area contributed by atoms with E-state index in [0.717, 1.165) is 0 Å². The van der Waals surface area contributed by atoms with E-state index in [4.69, 9.17) is 4.74 Å². The fraction of sp³-hybridized carbons (Fsp3) is 0.462. The third-order valence-corrected chi connectivity index (χ3v) is 3.44. The predicted octanol–water partition coefficient (Wildman–Crippen LogP) is 1.52. The molecule has 22 heavy (non-hydrogen) atoms. The number of hydrogen-bond donors (Lipinski definition) is 0. The molecule has 0 aromatic carbocycles. The highest BCUT2D eigenvalue weighted by Crippen LogP contribution is 2.25. The van der Waals surface area contributed by atoms with E-state index in [9.17, 15) is 18.0 Å². The van der Waals surface area contributed by atoms with Crippen molar-refractivity contribution in [2.75, 3.05) is 19.7 Å². The molecule has 9 heteroatoms. The zero-order valence-corrected chi connectivity index (χ0v) is 11.5. The number of amides is 1. The Morgan fingerprint density at radius 2 is 2.23 bits per heavy atom. The average Bonchev–Trinajstić information content (AvgIpc) is 2.93. The molecule has 1 aliphatic rings. The second-order valence-corrected chi connectivity index (χ2v) is 5.03. The highest BCUT2D eigenvalue weighted by Gasteiger charge is 2.36. The number of hydrogen-bond acceptors (Lipinski definition) is 4. The van der Waals surface area contributed by atoms with Crippen molar-refractivity contribution in [1.82, 2.24) is 19.5 Å². The lowest BCUT2D eigenvalue weighted by Crippen LogP contribution is -2.47. The number of morpholine rings is 1. The highest BCUT2D eigenvalue weighted by atomic mass is 19.4. The predicted molar refractivity (Wildman–Crippen MR) is 69.3 cm³/mol. The van der Waals surface area contributed by atoms with E-state index in [-0.39, 0.29) is 25.6 Å². The summed E-state index contributed by atoms with van der Waals surface area (Å²) < 4.78 is 44.0. The molecular weight excluding hydrogens is 301 g/mol. The van der Waals surface area contributed by atoms with Crippen molar-refractivity contribution in [2.45, 2.75) is 18.7 Å². The number of aromatic nitrogens is 3. The molecule has 2 aromatic rings. The summed E-state index contributed by atoms with van der Waals surface area (Å²) in [7, 11) is 0. The first-order valence-electron chi connectivity index (χ1n) is 6.70. The van der Waals surface area contributed by atoms with Crippen LogP contribution in [0.15, 0.2) is 24.5 Å². The standard InChI is InChI=1S/C13H13F3N4O2/c14-13(15,16)6-9-7-19(4-5-22-9)12(21)10-2-1-3-11-18-17-8-20(10)11/h1-3,8-9H,4-7H2. The van der Waals surface area contributed by atoms with E-state index in [1.807, 2.05) is 0 Å². The first-order chi connectivity index (χ1) is 10.4. The van der Waals surface area contributed by atoms with Crippen LogP contribution in [-0.4, -0.2) is 57.4 Å². The van der Waals surface area contributed by atoms with Crippen molar-refractivity contribution in [3.05, 3.63) is 30.2 Å². The Labute approximate surface area is 123 Å². The molecular formula is C13H13F3N4O2. The maximum atomic E-state index is 12.5. The molecule has 0 radical (unpaired) electrons. The molecule has 0 N–H and O–H groups in total. The molecule has 1 saturated heterocycles. The molecule has 1 unspecified atom stereocenters. The lowest BCUT2D eigenvalue weighted by molar-refractivity contribution is -0.168. The number of carbonyl (C=O) groups excluding carboxylic acids is 1. The number of halogens is 3. The van der Waals surface area contributed by atoms with Crippen LogP contribution >= 0.6 is 0 Å². The van der Waals surface area contributed by atoms with Gasteiger partial charge in [-0.1, -0.05) is 6.07 Å². The minimum atomic E-state index is -4.31. The summed E-state index contributed by atoms with van der Waals surface area (Å²) >= 11 is 0. The van der Waals surface area contributed by atoms with Crippen LogP contribution in [0.1, 0.15) is 16.9 Å². The Bertz CT molecular complexity index is 685. The van der Waals surface area contributed by atoms with Gasteiger partial charge in [-0.05, 0) is 12.1 Å². The average molecular weight is 314 g/mol. The SMILES string of the molecule is O=C(c1cccc2nncn12)N1CCOC(CC(F)(F)F)C1. The molecule has 3 heterocycles. The minimum absolute atomic E-state index is 0.0865. The molecule has 1 fully saturated rings. The van der Waals surface area contributed by atoms with Crippen LogP contribution in [0.25, 0.3) is 5.65 Å². The first-order valence-corrected chi connectivity index (χ1v) is 6.70. The van der Waals surface area contributed by atoms with Crippen LogP contribution in [-0.2, 0) is 4.74 Å². The number of nitrogens with zero attached hydrogens (tertiary/aromatic N) is 4. The number of pyridine rings is 1. The van der Waals surface area contributed by atoms with Gasteiger partial charge < -0.3 is 9.64 Å². The van der Waals surface area contributed by atoms with Gasteiger partial charge in [-0.15, -0.1) is 10.2 Å². The van der Waals surface area contributed by atoms with E-state index in [0.29, 0.717) is 11.3 Å². The van der Waals surface area contributed by atoms with Gasteiger partial charge in [-0.3, -0.25) is 9.20 Å². The van der Waals surface area contributed by atoms with Crippen molar-refractivity contribution in [3.63, 3.8) is 0 Å². The fourth-order valence-corrected chi connectivity index (χ4v) is 2.47. The van der Waals surface area contributed by atoms with Crippen molar-refractivity contribution < 1.29 is 22.7 Å². The Hall–Kier alpha value is -2.16. The lowest BCUT2D eigenvalue weighted by atomic mass is 10.2. The summed E-state index contributed by atoms with van der Waals surface area (Å²) in [6.45, 7) is 0.257. The maximum absolute atomic E-state index is 12.5. The van der Waals surface area contributed by atoms with Gasteiger partial charge in [0.25, 0.3) is 5.91 Å².